The molecule has 2 fully saturated rings. The predicted molar refractivity (Wildman–Crippen MR) is 66.1 cm³/mol. The molecule has 0 aromatic carbocycles. The van der Waals surface area contributed by atoms with E-state index in [2.05, 4.69) is 5.32 Å². The quantitative estimate of drug-likeness (QED) is 0.804. The molecule has 1 spiro atoms. The molecule has 1 N–H and O–H groups in total. The Balaban J connectivity index is 1.60. The minimum absolute atomic E-state index is 0.0623. The summed E-state index contributed by atoms with van der Waals surface area (Å²) < 4.78 is 17.1. The topological polar surface area (TPSA) is 56.8 Å². The van der Waals surface area contributed by atoms with Crippen molar-refractivity contribution in [3.8, 4) is 0 Å². The molecular weight excluding hydrogens is 234 g/mol. The van der Waals surface area contributed by atoms with Crippen LogP contribution in [0.2, 0.25) is 0 Å². The van der Waals surface area contributed by atoms with E-state index in [0.717, 1.165) is 25.7 Å². The SMILES string of the molecule is CCNC(=O)CCOC1CCC2(CC1)OCCO2. The number of ether oxygens (including phenoxy) is 3. The van der Waals surface area contributed by atoms with Gasteiger partial charge in [-0.1, -0.05) is 0 Å². The third-order valence-electron chi connectivity index (χ3n) is 3.56. The van der Waals surface area contributed by atoms with E-state index in [-0.39, 0.29) is 17.8 Å². The van der Waals surface area contributed by atoms with E-state index in [1.807, 2.05) is 6.92 Å². The highest BCUT2D eigenvalue weighted by Gasteiger charge is 2.40. The normalized spacial score (nSPS) is 23.4. The van der Waals surface area contributed by atoms with Gasteiger partial charge in [-0.2, -0.15) is 0 Å². The Hall–Kier alpha value is -0.650. The molecule has 5 nitrogen and oxygen atoms in total. The summed E-state index contributed by atoms with van der Waals surface area (Å²) in [4.78, 5) is 11.3. The van der Waals surface area contributed by atoms with Crippen molar-refractivity contribution in [1.82, 2.24) is 5.32 Å². The van der Waals surface area contributed by atoms with Crippen molar-refractivity contribution in [2.45, 2.75) is 50.9 Å². The van der Waals surface area contributed by atoms with Crippen molar-refractivity contribution in [3.63, 3.8) is 0 Å². The van der Waals surface area contributed by atoms with Crippen molar-refractivity contribution < 1.29 is 19.0 Å². The Morgan fingerprint density at radius 3 is 2.61 bits per heavy atom. The van der Waals surface area contributed by atoms with Crippen LogP contribution in [-0.4, -0.2) is 44.2 Å². The minimum atomic E-state index is -0.320. The molecule has 0 aromatic rings. The maximum atomic E-state index is 11.3. The van der Waals surface area contributed by atoms with Gasteiger partial charge in [0.25, 0.3) is 0 Å². The molecular formula is C13H23NO4. The fourth-order valence-corrected chi connectivity index (χ4v) is 2.59. The van der Waals surface area contributed by atoms with E-state index in [4.69, 9.17) is 14.2 Å². The van der Waals surface area contributed by atoms with Crippen molar-refractivity contribution in [2.75, 3.05) is 26.4 Å². The molecule has 0 aromatic heterocycles. The maximum absolute atomic E-state index is 11.3. The van der Waals surface area contributed by atoms with Crippen LogP contribution < -0.4 is 5.32 Å². The van der Waals surface area contributed by atoms with E-state index in [9.17, 15) is 4.79 Å². The molecule has 0 radical (unpaired) electrons. The lowest BCUT2D eigenvalue weighted by Crippen LogP contribution is -2.37. The standard InChI is InChI=1S/C13H23NO4/c1-2-14-12(15)5-8-16-11-3-6-13(7-4-11)17-9-10-18-13/h11H,2-10H2,1H3,(H,14,15). The number of hydrogen-bond donors (Lipinski definition) is 1. The molecule has 2 rings (SSSR count). The van der Waals surface area contributed by atoms with Gasteiger partial charge in [-0.15, -0.1) is 0 Å². The summed E-state index contributed by atoms with van der Waals surface area (Å²) in [6.07, 6.45) is 4.41. The second kappa shape index (κ2) is 6.50. The third-order valence-corrected chi connectivity index (χ3v) is 3.56. The van der Waals surface area contributed by atoms with Gasteiger partial charge in [-0.3, -0.25) is 4.79 Å². The fourth-order valence-electron chi connectivity index (χ4n) is 2.59. The zero-order valence-electron chi connectivity index (χ0n) is 11.1. The van der Waals surface area contributed by atoms with E-state index < -0.39 is 0 Å². The number of carbonyl (C=O) groups excluding carboxylic acids is 1. The number of carbonyl (C=O) groups is 1. The Bertz CT molecular complexity index is 266. The summed E-state index contributed by atoms with van der Waals surface area (Å²) >= 11 is 0. The van der Waals surface area contributed by atoms with Gasteiger partial charge in [-0.05, 0) is 19.8 Å². The van der Waals surface area contributed by atoms with E-state index >= 15 is 0 Å². The largest absolute Gasteiger partial charge is 0.378 e. The maximum Gasteiger partial charge on any atom is 0.222 e. The van der Waals surface area contributed by atoms with E-state index in [0.29, 0.717) is 32.8 Å². The van der Waals surface area contributed by atoms with Crippen LogP contribution in [0.25, 0.3) is 0 Å². The number of rotatable bonds is 5. The van der Waals surface area contributed by atoms with Crippen LogP contribution in [0.5, 0.6) is 0 Å². The highest BCUT2D eigenvalue weighted by Crippen LogP contribution is 2.36. The molecule has 2 aliphatic rings. The van der Waals surface area contributed by atoms with Gasteiger partial charge in [0.1, 0.15) is 0 Å². The molecule has 1 saturated carbocycles. The van der Waals surface area contributed by atoms with Crippen LogP contribution in [0.1, 0.15) is 39.0 Å². The molecule has 5 heteroatoms. The summed E-state index contributed by atoms with van der Waals surface area (Å²) in [5.74, 6) is -0.258. The zero-order chi connectivity index (χ0) is 12.8. The lowest BCUT2D eigenvalue weighted by atomic mass is 9.92. The summed E-state index contributed by atoms with van der Waals surface area (Å²) in [6.45, 7) is 4.52. The van der Waals surface area contributed by atoms with Gasteiger partial charge in [0.15, 0.2) is 5.79 Å². The van der Waals surface area contributed by atoms with Crippen LogP contribution >= 0.6 is 0 Å². The van der Waals surface area contributed by atoms with Crippen LogP contribution in [-0.2, 0) is 19.0 Å². The van der Waals surface area contributed by atoms with Crippen molar-refractivity contribution in [2.24, 2.45) is 0 Å². The lowest BCUT2D eigenvalue weighted by molar-refractivity contribution is -0.191. The molecule has 18 heavy (non-hydrogen) atoms. The van der Waals surface area contributed by atoms with E-state index in [1.54, 1.807) is 0 Å². The highest BCUT2D eigenvalue weighted by atomic mass is 16.7. The summed E-state index contributed by atoms with van der Waals surface area (Å²) in [5.41, 5.74) is 0. The van der Waals surface area contributed by atoms with Crippen molar-refractivity contribution in [1.29, 1.82) is 0 Å². The molecule has 104 valence electrons. The first kappa shape index (κ1) is 13.8. The minimum Gasteiger partial charge on any atom is -0.378 e. The van der Waals surface area contributed by atoms with Gasteiger partial charge >= 0.3 is 0 Å². The van der Waals surface area contributed by atoms with Gasteiger partial charge in [-0.25, -0.2) is 0 Å². The first-order chi connectivity index (χ1) is 8.74. The van der Waals surface area contributed by atoms with E-state index in [1.165, 1.54) is 0 Å². The van der Waals surface area contributed by atoms with Gasteiger partial charge in [0, 0.05) is 25.8 Å². The number of nitrogens with one attached hydrogen (secondary N) is 1. The Morgan fingerprint density at radius 1 is 1.33 bits per heavy atom. The average molecular weight is 257 g/mol. The second-order valence-electron chi connectivity index (χ2n) is 4.88. The molecule has 0 bridgehead atoms. The van der Waals surface area contributed by atoms with Crippen molar-refractivity contribution in [3.05, 3.63) is 0 Å². The highest BCUT2D eigenvalue weighted by molar-refractivity contribution is 5.75. The van der Waals surface area contributed by atoms with Gasteiger partial charge in [0.05, 0.1) is 25.9 Å². The first-order valence-electron chi connectivity index (χ1n) is 6.90. The van der Waals surface area contributed by atoms with Crippen LogP contribution in [0.3, 0.4) is 0 Å². The zero-order valence-corrected chi connectivity index (χ0v) is 11.1. The average Bonchev–Trinajstić information content (AvgIpc) is 2.81. The Morgan fingerprint density at radius 2 is 2.00 bits per heavy atom. The summed E-state index contributed by atoms with van der Waals surface area (Å²) in [5, 5.41) is 2.76. The fraction of sp³-hybridized carbons (Fsp3) is 0.923. The third kappa shape index (κ3) is 3.67. The number of hydrogen-bond acceptors (Lipinski definition) is 4. The van der Waals surface area contributed by atoms with Gasteiger partial charge in [0.2, 0.25) is 5.91 Å². The van der Waals surface area contributed by atoms with Crippen LogP contribution in [0.4, 0.5) is 0 Å². The van der Waals surface area contributed by atoms with Crippen LogP contribution in [0, 0.1) is 0 Å². The second-order valence-corrected chi connectivity index (χ2v) is 4.88. The monoisotopic (exact) mass is 257 g/mol. The molecule has 1 amide bonds. The summed E-state index contributed by atoms with van der Waals surface area (Å²) in [6, 6.07) is 0. The summed E-state index contributed by atoms with van der Waals surface area (Å²) in [7, 11) is 0. The smallest absolute Gasteiger partial charge is 0.222 e. The lowest BCUT2D eigenvalue weighted by Gasteiger charge is -2.35. The Kier molecular flexibility index (Phi) is 4.97. The van der Waals surface area contributed by atoms with Gasteiger partial charge < -0.3 is 19.5 Å². The van der Waals surface area contributed by atoms with Crippen molar-refractivity contribution >= 4 is 5.91 Å². The molecule has 0 unspecified atom stereocenters. The predicted octanol–water partition coefficient (Wildman–Crippen LogP) is 1.21. The molecule has 0 atom stereocenters. The number of amides is 1. The van der Waals surface area contributed by atoms with Crippen LogP contribution in [0.15, 0.2) is 0 Å². The molecule has 1 aliphatic carbocycles. The molecule has 1 aliphatic heterocycles. The first-order valence-corrected chi connectivity index (χ1v) is 6.90. The molecule has 1 saturated heterocycles. The molecule has 1 heterocycles. The Labute approximate surface area is 108 Å².